The molecule has 0 bridgehead atoms. The van der Waals surface area contributed by atoms with E-state index < -0.39 is 52.2 Å². The lowest BCUT2D eigenvalue weighted by atomic mass is 9.64. The molecule has 4 atom stereocenters. The zero-order chi connectivity index (χ0) is 27.2. The van der Waals surface area contributed by atoms with Crippen LogP contribution in [0.5, 0.6) is 0 Å². The first-order valence-corrected chi connectivity index (χ1v) is 13.2. The predicted octanol–water partition coefficient (Wildman–Crippen LogP) is 5.84. The molecule has 2 aromatic carbocycles. The smallest absolute Gasteiger partial charge is 0.416 e. The summed E-state index contributed by atoms with van der Waals surface area (Å²) in [6.45, 7) is 0. The van der Waals surface area contributed by atoms with Gasteiger partial charge in [-0.15, -0.1) is 0 Å². The van der Waals surface area contributed by atoms with Crippen molar-refractivity contribution in [2.75, 3.05) is 5.32 Å². The largest absolute Gasteiger partial charge is 0.480 e. The molecular formula is C28H28ClF3N2O4. The highest BCUT2D eigenvalue weighted by Crippen LogP contribution is 2.52. The Bertz CT molecular complexity index is 1280. The molecule has 3 aliphatic rings. The predicted molar refractivity (Wildman–Crippen MR) is 135 cm³/mol. The molecule has 2 fully saturated rings. The van der Waals surface area contributed by atoms with Crippen molar-refractivity contribution in [2.45, 2.75) is 74.7 Å². The van der Waals surface area contributed by atoms with Crippen molar-refractivity contribution < 1.29 is 32.7 Å². The summed E-state index contributed by atoms with van der Waals surface area (Å²) in [5.74, 6) is -4.01. The first-order valence-electron chi connectivity index (χ1n) is 12.8. The number of carboxylic acids is 1. The Hall–Kier alpha value is -2.91. The van der Waals surface area contributed by atoms with E-state index in [0.29, 0.717) is 12.1 Å². The lowest BCUT2D eigenvalue weighted by Crippen LogP contribution is -2.64. The highest BCUT2D eigenvalue weighted by atomic mass is 35.5. The fraction of sp³-hybridized carbons (Fsp3) is 0.464. The van der Waals surface area contributed by atoms with Gasteiger partial charge in [-0.3, -0.25) is 19.7 Å². The SMILES string of the molecule is O=C(CC(NC1CCC1)(C(=O)O)C1c2ccccc2N[C@@H]2CCC[C@H]12)C(=O)c1ccc(C(F)(F)F)cc1Cl. The molecule has 0 aromatic heterocycles. The van der Waals surface area contributed by atoms with E-state index in [1.807, 2.05) is 24.3 Å². The van der Waals surface area contributed by atoms with Crippen LogP contribution in [-0.4, -0.2) is 40.3 Å². The van der Waals surface area contributed by atoms with Crippen LogP contribution in [0, 0.1) is 5.92 Å². The molecule has 2 aliphatic carbocycles. The topological polar surface area (TPSA) is 95.5 Å². The number of aliphatic carboxylic acids is 1. The van der Waals surface area contributed by atoms with E-state index in [4.69, 9.17) is 11.6 Å². The molecule has 0 saturated heterocycles. The maximum Gasteiger partial charge on any atom is 0.416 e. The summed E-state index contributed by atoms with van der Waals surface area (Å²) in [4.78, 5) is 39.9. The van der Waals surface area contributed by atoms with E-state index in [1.54, 1.807) is 0 Å². The highest BCUT2D eigenvalue weighted by Gasteiger charge is 2.57. The second-order valence-electron chi connectivity index (χ2n) is 10.6. The van der Waals surface area contributed by atoms with Gasteiger partial charge in [0.05, 0.1) is 10.6 Å². The van der Waals surface area contributed by atoms with E-state index in [1.165, 1.54) is 0 Å². The van der Waals surface area contributed by atoms with Gasteiger partial charge in [0.15, 0.2) is 0 Å². The number of carboxylic acid groups (broad SMARTS) is 1. The standard InChI is InChI=1S/C28H28ClF3N2O4/c29-20-13-15(28(30,31)32)11-12-17(20)25(36)23(35)14-27(26(37)38,34-16-5-3-6-16)24-18-7-1-2-9-21(18)33-22-10-4-8-19(22)24/h1-2,7,9,11-13,16,19,22,24,33-34H,3-6,8,10,14H2,(H,37,38)/t19-,22+,24?,27?/m0/s1. The second-order valence-corrected chi connectivity index (χ2v) is 11.0. The van der Waals surface area contributed by atoms with Gasteiger partial charge in [-0.1, -0.05) is 42.6 Å². The number of nitrogens with one attached hydrogen (secondary N) is 2. The lowest BCUT2D eigenvalue weighted by Gasteiger charge is -2.49. The summed E-state index contributed by atoms with van der Waals surface area (Å²) >= 11 is 6.00. The molecule has 3 N–H and O–H groups in total. The van der Waals surface area contributed by atoms with Crippen LogP contribution in [0.4, 0.5) is 18.9 Å². The molecule has 5 rings (SSSR count). The van der Waals surface area contributed by atoms with Crippen molar-refractivity contribution in [3.05, 3.63) is 64.2 Å². The average molecular weight is 549 g/mol. The number of hydrogen-bond donors (Lipinski definition) is 3. The zero-order valence-corrected chi connectivity index (χ0v) is 21.2. The Labute approximate surface area is 222 Å². The third-order valence-corrected chi connectivity index (χ3v) is 8.66. The molecule has 1 aliphatic heterocycles. The third-order valence-electron chi connectivity index (χ3n) is 8.35. The van der Waals surface area contributed by atoms with Crippen molar-refractivity contribution >= 4 is 34.8 Å². The number of Topliss-reactive ketones (excluding diaryl/α,β-unsaturated/α-hetero) is 2. The van der Waals surface area contributed by atoms with E-state index in [0.717, 1.165) is 55.8 Å². The summed E-state index contributed by atoms with van der Waals surface area (Å²) in [5, 5.41) is 17.1. The molecule has 0 amide bonds. The van der Waals surface area contributed by atoms with E-state index in [9.17, 15) is 32.7 Å². The fourth-order valence-corrected chi connectivity index (χ4v) is 6.59. The fourth-order valence-electron chi connectivity index (χ4n) is 6.33. The number of hydrogen-bond acceptors (Lipinski definition) is 5. The average Bonchev–Trinajstić information content (AvgIpc) is 3.30. The molecule has 2 saturated carbocycles. The van der Waals surface area contributed by atoms with Crippen LogP contribution in [0.15, 0.2) is 42.5 Å². The minimum atomic E-state index is -4.67. The minimum absolute atomic E-state index is 0.0342. The highest BCUT2D eigenvalue weighted by molar-refractivity contribution is 6.48. The first kappa shape index (κ1) is 26.7. The van der Waals surface area contributed by atoms with Crippen LogP contribution >= 0.6 is 11.6 Å². The Morgan fingerprint density at radius 3 is 2.37 bits per heavy atom. The van der Waals surface area contributed by atoms with E-state index in [2.05, 4.69) is 10.6 Å². The number of ketones is 2. The zero-order valence-electron chi connectivity index (χ0n) is 20.5. The van der Waals surface area contributed by atoms with Gasteiger partial charge in [-0.2, -0.15) is 13.2 Å². The van der Waals surface area contributed by atoms with Crippen LogP contribution in [0.25, 0.3) is 0 Å². The van der Waals surface area contributed by atoms with Crippen molar-refractivity contribution in [1.29, 1.82) is 0 Å². The molecule has 0 spiro atoms. The van der Waals surface area contributed by atoms with E-state index >= 15 is 0 Å². The van der Waals surface area contributed by atoms with Gasteiger partial charge in [0.25, 0.3) is 0 Å². The molecule has 38 heavy (non-hydrogen) atoms. The maximum absolute atomic E-state index is 13.5. The number of halogens is 4. The van der Waals surface area contributed by atoms with Gasteiger partial charge in [0.2, 0.25) is 11.6 Å². The summed E-state index contributed by atoms with van der Waals surface area (Å²) in [6, 6.07) is 9.52. The summed E-state index contributed by atoms with van der Waals surface area (Å²) in [7, 11) is 0. The number of carbonyl (C=O) groups excluding carboxylic acids is 2. The minimum Gasteiger partial charge on any atom is -0.480 e. The van der Waals surface area contributed by atoms with Crippen molar-refractivity contribution in [3.8, 4) is 0 Å². The van der Waals surface area contributed by atoms with Crippen LogP contribution in [0.3, 0.4) is 0 Å². The van der Waals surface area contributed by atoms with Crippen molar-refractivity contribution in [3.63, 3.8) is 0 Å². The van der Waals surface area contributed by atoms with Gasteiger partial charge >= 0.3 is 12.1 Å². The molecule has 202 valence electrons. The van der Waals surface area contributed by atoms with Gasteiger partial charge in [0, 0.05) is 35.7 Å². The van der Waals surface area contributed by atoms with Gasteiger partial charge in [0.1, 0.15) is 5.54 Å². The normalized spacial score (nSPS) is 24.4. The van der Waals surface area contributed by atoms with Gasteiger partial charge < -0.3 is 10.4 Å². The Morgan fingerprint density at radius 1 is 1.03 bits per heavy atom. The molecule has 0 radical (unpaired) electrons. The molecule has 2 unspecified atom stereocenters. The number of fused-ring (bicyclic) bond motifs is 2. The Morgan fingerprint density at radius 2 is 1.74 bits per heavy atom. The second kappa shape index (κ2) is 10.0. The summed E-state index contributed by atoms with van der Waals surface area (Å²) in [5.41, 5.74) is -1.61. The maximum atomic E-state index is 13.5. The van der Waals surface area contributed by atoms with Crippen LogP contribution in [-0.2, 0) is 15.8 Å². The quantitative estimate of drug-likeness (QED) is 0.283. The number of benzene rings is 2. The number of rotatable bonds is 8. The molecule has 10 heteroatoms. The van der Waals surface area contributed by atoms with E-state index in [-0.39, 0.29) is 23.6 Å². The first-order chi connectivity index (χ1) is 18.0. The summed E-state index contributed by atoms with van der Waals surface area (Å²) < 4.78 is 39.2. The number of carbonyl (C=O) groups is 3. The molecule has 1 heterocycles. The van der Waals surface area contributed by atoms with Crippen molar-refractivity contribution in [1.82, 2.24) is 5.32 Å². The van der Waals surface area contributed by atoms with Crippen LogP contribution in [0.2, 0.25) is 5.02 Å². The Balaban J connectivity index is 1.55. The summed E-state index contributed by atoms with van der Waals surface area (Å²) in [6.07, 6.45) is -0.340. The molecule has 2 aromatic rings. The van der Waals surface area contributed by atoms with Crippen LogP contribution in [0.1, 0.15) is 72.3 Å². The lowest BCUT2D eigenvalue weighted by molar-refractivity contribution is -0.150. The van der Waals surface area contributed by atoms with Crippen molar-refractivity contribution in [2.24, 2.45) is 5.92 Å². The monoisotopic (exact) mass is 548 g/mol. The number of anilines is 1. The number of para-hydroxylation sites is 1. The number of alkyl halides is 3. The van der Waals surface area contributed by atoms with Gasteiger partial charge in [-0.25, -0.2) is 0 Å². The molecular weight excluding hydrogens is 521 g/mol. The molecule has 6 nitrogen and oxygen atoms in total. The Kier molecular flexibility index (Phi) is 7.02. The third kappa shape index (κ3) is 4.71. The van der Waals surface area contributed by atoms with Crippen LogP contribution < -0.4 is 10.6 Å². The van der Waals surface area contributed by atoms with Gasteiger partial charge in [-0.05, 0) is 61.4 Å².